The second-order valence-corrected chi connectivity index (χ2v) is 4.73. The lowest BCUT2D eigenvalue weighted by Gasteiger charge is -1.97. The first-order valence-electron chi connectivity index (χ1n) is 4.98. The molecule has 0 aliphatic heterocycles. The van der Waals surface area contributed by atoms with Gasteiger partial charge in [-0.25, -0.2) is 4.98 Å². The Kier molecular flexibility index (Phi) is 2.54. The molecule has 1 heterocycles. The lowest BCUT2D eigenvalue weighted by molar-refractivity contribution is -0.117. The molecular formula is C10H14N2OS. The lowest BCUT2D eigenvalue weighted by Crippen LogP contribution is -2.12. The van der Waals surface area contributed by atoms with Gasteiger partial charge in [0.05, 0.1) is 5.69 Å². The van der Waals surface area contributed by atoms with Crippen molar-refractivity contribution in [2.24, 2.45) is 5.92 Å². The van der Waals surface area contributed by atoms with Crippen LogP contribution in [0.4, 0.5) is 5.13 Å². The maximum atomic E-state index is 11.4. The molecule has 1 aromatic rings. The van der Waals surface area contributed by atoms with Gasteiger partial charge in [0.15, 0.2) is 5.13 Å². The third-order valence-corrected chi connectivity index (χ3v) is 3.61. The topological polar surface area (TPSA) is 42.0 Å². The van der Waals surface area contributed by atoms with Crippen LogP contribution in [0.25, 0.3) is 0 Å². The Balaban J connectivity index is 2.04. The van der Waals surface area contributed by atoms with Crippen molar-refractivity contribution in [2.45, 2.75) is 33.1 Å². The van der Waals surface area contributed by atoms with Gasteiger partial charge in [0.25, 0.3) is 0 Å². The minimum absolute atomic E-state index is 0.140. The van der Waals surface area contributed by atoms with Gasteiger partial charge in [-0.3, -0.25) is 4.79 Å². The van der Waals surface area contributed by atoms with E-state index in [2.05, 4.69) is 17.2 Å². The minimum Gasteiger partial charge on any atom is -0.302 e. The molecular weight excluding hydrogens is 196 g/mol. The average molecular weight is 210 g/mol. The fraction of sp³-hybridized carbons (Fsp3) is 0.600. The summed E-state index contributed by atoms with van der Waals surface area (Å²) >= 11 is 1.59. The first-order chi connectivity index (χ1) is 6.70. The molecule has 1 aromatic heterocycles. The molecule has 1 N–H and O–H groups in total. The Hall–Kier alpha value is -0.900. The van der Waals surface area contributed by atoms with Gasteiger partial charge in [-0.1, -0.05) is 6.92 Å². The molecule has 14 heavy (non-hydrogen) atoms. The molecule has 1 amide bonds. The van der Waals surface area contributed by atoms with E-state index in [1.807, 2.05) is 6.92 Å². The molecule has 0 bridgehead atoms. The summed E-state index contributed by atoms with van der Waals surface area (Å²) in [5.74, 6) is 0.394. The molecule has 0 unspecified atom stereocenters. The van der Waals surface area contributed by atoms with Gasteiger partial charge in [-0.2, -0.15) is 0 Å². The predicted octanol–water partition coefficient (Wildman–Crippen LogP) is 2.36. The Labute approximate surface area is 87.6 Å². The van der Waals surface area contributed by atoms with E-state index in [0.717, 1.165) is 30.1 Å². The molecule has 2 rings (SSSR count). The highest BCUT2D eigenvalue weighted by Gasteiger charge is 2.30. The van der Waals surface area contributed by atoms with Crippen molar-refractivity contribution in [3.8, 4) is 0 Å². The van der Waals surface area contributed by atoms with Gasteiger partial charge in [0, 0.05) is 10.8 Å². The lowest BCUT2D eigenvalue weighted by atomic mass is 10.3. The highest BCUT2D eigenvalue weighted by molar-refractivity contribution is 7.15. The summed E-state index contributed by atoms with van der Waals surface area (Å²) in [5, 5.41) is 3.63. The first kappa shape index (κ1) is 9.65. The molecule has 0 saturated heterocycles. The van der Waals surface area contributed by atoms with E-state index in [1.165, 1.54) is 4.88 Å². The number of carbonyl (C=O) groups excluding carboxylic acids is 1. The van der Waals surface area contributed by atoms with Crippen LogP contribution in [0.5, 0.6) is 0 Å². The van der Waals surface area contributed by atoms with Crippen molar-refractivity contribution in [2.75, 3.05) is 5.32 Å². The molecule has 1 aliphatic carbocycles. The van der Waals surface area contributed by atoms with Crippen LogP contribution < -0.4 is 5.32 Å². The van der Waals surface area contributed by atoms with Crippen molar-refractivity contribution in [3.05, 3.63) is 10.6 Å². The maximum Gasteiger partial charge on any atom is 0.229 e. The van der Waals surface area contributed by atoms with E-state index >= 15 is 0 Å². The van der Waals surface area contributed by atoms with Crippen LogP contribution in [0.1, 0.15) is 30.3 Å². The van der Waals surface area contributed by atoms with E-state index in [4.69, 9.17) is 0 Å². The van der Waals surface area contributed by atoms with Crippen LogP contribution in [0.3, 0.4) is 0 Å². The normalized spacial score (nSPS) is 15.6. The number of aromatic nitrogens is 1. The predicted molar refractivity (Wildman–Crippen MR) is 57.6 cm³/mol. The van der Waals surface area contributed by atoms with Gasteiger partial charge in [0.1, 0.15) is 0 Å². The van der Waals surface area contributed by atoms with Gasteiger partial charge in [0.2, 0.25) is 5.91 Å². The molecule has 0 atom stereocenters. The van der Waals surface area contributed by atoms with E-state index in [1.54, 1.807) is 11.3 Å². The summed E-state index contributed by atoms with van der Waals surface area (Å²) in [6.45, 7) is 4.09. The van der Waals surface area contributed by atoms with Crippen LogP contribution in [0, 0.1) is 12.8 Å². The Morgan fingerprint density at radius 2 is 2.36 bits per heavy atom. The summed E-state index contributed by atoms with van der Waals surface area (Å²) < 4.78 is 0. The molecule has 0 radical (unpaired) electrons. The molecule has 1 fully saturated rings. The van der Waals surface area contributed by atoms with Gasteiger partial charge in [-0.05, 0) is 26.2 Å². The fourth-order valence-corrected chi connectivity index (χ4v) is 2.27. The van der Waals surface area contributed by atoms with E-state index in [-0.39, 0.29) is 11.8 Å². The largest absolute Gasteiger partial charge is 0.302 e. The smallest absolute Gasteiger partial charge is 0.229 e. The van der Waals surface area contributed by atoms with Gasteiger partial charge >= 0.3 is 0 Å². The third-order valence-electron chi connectivity index (χ3n) is 2.39. The number of nitrogens with one attached hydrogen (secondary N) is 1. The van der Waals surface area contributed by atoms with E-state index in [0.29, 0.717) is 0 Å². The van der Waals surface area contributed by atoms with Crippen molar-refractivity contribution in [1.82, 2.24) is 4.98 Å². The first-order valence-corrected chi connectivity index (χ1v) is 5.79. The fourth-order valence-electron chi connectivity index (χ4n) is 1.36. The number of anilines is 1. The Morgan fingerprint density at radius 1 is 1.64 bits per heavy atom. The summed E-state index contributed by atoms with van der Waals surface area (Å²) in [4.78, 5) is 17.0. The van der Waals surface area contributed by atoms with Gasteiger partial charge < -0.3 is 5.32 Å². The number of aryl methyl sites for hydroxylation is 2. The van der Waals surface area contributed by atoms with Crippen molar-refractivity contribution in [1.29, 1.82) is 0 Å². The zero-order chi connectivity index (χ0) is 10.1. The monoisotopic (exact) mass is 210 g/mol. The summed E-state index contributed by atoms with van der Waals surface area (Å²) in [7, 11) is 0. The summed E-state index contributed by atoms with van der Waals surface area (Å²) in [6.07, 6.45) is 3.07. The zero-order valence-electron chi connectivity index (χ0n) is 8.46. The molecule has 0 aromatic carbocycles. The highest BCUT2D eigenvalue weighted by atomic mass is 32.1. The number of amides is 1. The van der Waals surface area contributed by atoms with Crippen molar-refractivity contribution < 1.29 is 4.79 Å². The zero-order valence-corrected chi connectivity index (χ0v) is 9.28. The molecule has 1 aliphatic rings. The second kappa shape index (κ2) is 3.69. The SMILES string of the molecule is CCc1sc(NC(=O)C2CC2)nc1C. The van der Waals surface area contributed by atoms with Crippen LogP contribution in [0.15, 0.2) is 0 Å². The maximum absolute atomic E-state index is 11.4. The van der Waals surface area contributed by atoms with Crippen molar-refractivity contribution >= 4 is 22.4 Å². The standard InChI is InChI=1S/C10H14N2OS/c1-3-8-6(2)11-10(14-8)12-9(13)7-4-5-7/h7H,3-5H2,1-2H3,(H,11,12,13). The van der Waals surface area contributed by atoms with Crippen LogP contribution in [-0.2, 0) is 11.2 Å². The number of carbonyl (C=O) groups is 1. The van der Waals surface area contributed by atoms with Gasteiger partial charge in [-0.15, -0.1) is 11.3 Å². The molecule has 3 nitrogen and oxygen atoms in total. The second-order valence-electron chi connectivity index (χ2n) is 3.64. The van der Waals surface area contributed by atoms with Crippen LogP contribution >= 0.6 is 11.3 Å². The number of nitrogens with zero attached hydrogens (tertiary/aromatic N) is 1. The van der Waals surface area contributed by atoms with Crippen LogP contribution in [-0.4, -0.2) is 10.9 Å². The number of hydrogen-bond donors (Lipinski definition) is 1. The van der Waals surface area contributed by atoms with Crippen molar-refractivity contribution in [3.63, 3.8) is 0 Å². The molecule has 1 saturated carbocycles. The number of rotatable bonds is 3. The molecule has 76 valence electrons. The average Bonchev–Trinajstić information content (AvgIpc) is 2.92. The highest BCUT2D eigenvalue weighted by Crippen LogP contribution is 2.31. The van der Waals surface area contributed by atoms with Crippen LogP contribution in [0.2, 0.25) is 0 Å². The van der Waals surface area contributed by atoms with E-state index in [9.17, 15) is 4.79 Å². The molecule has 4 heteroatoms. The minimum atomic E-state index is 0.140. The summed E-state index contributed by atoms with van der Waals surface area (Å²) in [6, 6.07) is 0. The van der Waals surface area contributed by atoms with E-state index < -0.39 is 0 Å². The Morgan fingerprint density at radius 3 is 2.86 bits per heavy atom. The number of thiazole rings is 1. The third kappa shape index (κ3) is 1.95. The summed E-state index contributed by atoms with van der Waals surface area (Å²) in [5.41, 5.74) is 1.04. The molecule has 0 spiro atoms. The number of hydrogen-bond acceptors (Lipinski definition) is 3. The Bertz CT molecular complexity index is 355. The quantitative estimate of drug-likeness (QED) is 0.832.